The Morgan fingerprint density at radius 3 is 2.88 bits per heavy atom. The lowest BCUT2D eigenvalue weighted by atomic mass is 9.88. The van der Waals surface area contributed by atoms with Gasteiger partial charge in [-0.05, 0) is 37.7 Å². The van der Waals surface area contributed by atoms with Gasteiger partial charge in [0.15, 0.2) is 0 Å². The van der Waals surface area contributed by atoms with Crippen LogP contribution < -0.4 is 10.6 Å². The number of nitrogens with two attached hydrogens (primary N) is 1. The molecule has 0 bridgehead atoms. The van der Waals surface area contributed by atoms with Crippen LogP contribution in [0, 0.1) is 5.92 Å². The molecule has 2 aliphatic rings. The standard InChI is InChI=1S/C17H20F3N3O2/c18-17(19,20)16(25)10-23(14-12(16)7-4-8-22-14)15(24)13(21)9-11-5-2-1-3-6-11/h1-2,4,7-8,11,13,25H,3,5-6,9-10,21H2. The topological polar surface area (TPSA) is 79.5 Å². The molecule has 5 nitrogen and oxygen atoms in total. The highest BCUT2D eigenvalue weighted by atomic mass is 19.4. The van der Waals surface area contributed by atoms with E-state index in [1.54, 1.807) is 0 Å². The first-order valence-corrected chi connectivity index (χ1v) is 8.20. The highest BCUT2D eigenvalue weighted by Gasteiger charge is 2.61. The molecule has 3 rings (SSSR count). The average Bonchev–Trinajstić information content (AvgIpc) is 2.90. The number of pyridine rings is 1. The van der Waals surface area contributed by atoms with Crippen LogP contribution in [0.15, 0.2) is 30.5 Å². The first-order valence-electron chi connectivity index (χ1n) is 8.20. The Kier molecular flexibility index (Phi) is 4.59. The number of rotatable bonds is 3. The van der Waals surface area contributed by atoms with E-state index in [2.05, 4.69) is 11.1 Å². The van der Waals surface area contributed by atoms with E-state index in [0.29, 0.717) is 6.42 Å². The van der Waals surface area contributed by atoms with Gasteiger partial charge in [-0.1, -0.05) is 18.2 Å². The molecule has 1 aromatic heterocycles. The zero-order chi connectivity index (χ0) is 18.2. The number of aromatic nitrogens is 1. The third-order valence-corrected chi connectivity index (χ3v) is 4.89. The molecule has 0 spiro atoms. The van der Waals surface area contributed by atoms with Crippen LogP contribution in [-0.4, -0.2) is 34.8 Å². The molecule has 1 amide bonds. The van der Waals surface area contributed by atoms with Crippen molar-refractivity contribution >= 4 is 11.7 Å². The lowest BCUT2D eigenvalue weighted by Crippen LogP contribution is -2.50. The number of hydrogen-bond donors (Lipinski definition) is 2. The molecular formula is C17H20F3N3O2. The predicted molar refractivity (Wildman–Crippen MR) is 85.6 cm³/mol. The Hall–Kier alpha value is -1.93. The number of nitrogens with zero attached hydrogens (tertiary/aromatic N) is 2. The summed E-state index contributed by atoms with van der Waals surface area (Å²) < 4.78 is 40.1. The Bertz CT molecular complexity index is 692. The van der Waals surface area contributed by atoms with Gasteiger partial charge in [-0.3, -0.25) is 9.69 Å². The van der Waals surface area contributed by atoms with E-state index >= 15 is 0 Å². The number of anilines is 1. The predicted octanol–water partition coefficient (Wildman–Crippen LogP) is 2.25. The van der Waals surface area contributed by atoms with Gasteiger partial charge in [-0.2, -0.15) is 13.2 Å². The number of halogens is 3. The fraction of sp³-hybridized carbons (Fsp3) is 0.529. The maximum Gasteiger partial charge on any atom is 0.423 e. The molecule has 2 heterocycles. The third-order valence-electron chi connectivity index (χ3n) is 4.89. The Labute approximate surface area is 143 Å². The number of carbonyl (C=O) groups excluding carboxylic acids is 1. The maximum atomic E-state index is 13.4. The quantitative estimate of drug-likeness (QED) is 0.815. The summed E-state index contributed by atoms with van der Waals surface area (Å²) in [5.74, 6) is -0.586. The minimum absolute atomic E-state index is 0.175. The molecule has 136 valence electrons. The second kappa shape index (κ2) is 6.42. The Morgan fingerprint density at radius 2 is 2.24 bits per heavy atom. The molecule has 3 unspecified atom stereocenters. The zero-order valence-corrected chi connectivity index (χ0v) is 13.5. The van der Waals surface area contributed by atoms with Gasteiger partial charge in [0.05, 0.1) is 12.6 Å². The normalized spacial score (nSPS) is 27.2. The molecule has 0 saturated carbocycles. The molecule has 0 radical (unpaired) electrons. The molecule has 0 saturated heterocycles. The van der Waals surface area contributed by atoms with E-state index in [1.807, 2.05) is 6.08 Å². The lowest BCUT2D eigenvalue weighted by Gasteiger charge is -2.28. The first-order chi connectivity index (χ1) is 11.7. The van der Waals surface area contributed by atoms with Gasteiger partial charge in [0, 0.05) is 11.8 Å². The lowest BCUT2D eigenvalue weighted by molar-refractivity contribution is -0.259. The number of fused-ring (bicyclic) bond motifs is 1. The number of β-amino-alcohol motifs (C(OH)–C–C–N with tert-alkyl or cyclic N) is 1. The number of alkyl halides is 3. The molecule has 3 atom stereocenters. The summed E-state index contributed by atoms with van der Waals surface area (Å²) in [4.78, 5) is 17.4. The highest BCUT2D eigenvalue weighted by Crippen LogP contribution is 2.47. The van der Waals surface area contributed by atoms with Crippen LogP contribution in [-0.2, 0) is 10.4 Å². The molecule has 1 aromatic rings. The van der Waals surface area contributed by atoms with Crippen molar-refractivity contribution in [2.45, 2.75) is 43.5 Å². The van der Waals surface area contributed by atoms with Crippen molar-refractivity contribution in [1.29, 1.82) is 0 Å². The van der Waals surface area contributed by atoms with Gasteiger partial charge in [0.2, 0.25) is 11.5 Å². The van der Waals surface area contributed by atoms with Gasteiger partial charge < -0.3 is 10.8 Å². The SMILES string of the molecule is NC(CC1CC=CCC1)C(=O)N1CC(O)(C(F)(F)F)c2cccnc21. The van der Waals surface area contributed by atoms with Gasteiger partial charge >= 0.3 is 6.18 Å². The van der Waals surface area contributed by atoms with Crippen LogP contribution in [0.5, 0.6) is 0 Å². The maximum absolute atomic E-state index is 13.4. The van der Waals surface area contributed by atoms with Crippen LogP contribution in [0.3, 0.4) is 0 Å². The van der Waals surface area contributed by atoms with Crippen molar-refractivity contribution in [2.24, 2.45) is 11.7 Å². The summed E-state index contributed by atoms with van der Waals surface area (Å²) >= 11 is 0. The largest absolute Gasteiger partial charge is 0.423 e. The van der Waals surface area contributed by atoms with Gasteiger partial charge in [-0.15, -0.1) is 0 Å². The smallest absolute Gasteiger partial charge is 0.375 e. The summed E-state index contributed by atoms with van der Waals surface area (Å²) in [6, 6.07) is 1.51. The average molecular weight is 355 g/mol. The Morgan fingerprint density at radius 1 is 1.48 bits per heavy atom. The van der Waals surface area contributed by atoms with Crippen LogP contribution in [0.4, 0.5) is 19.0 Å². The van der Waals surface area contributed by atoms with Crippen LogP contribution >= 0.6 is 0 Å². The van der Waals surface area contributed by atoms with E-state index in [9.17, 15) is 23.1 Å². The molecule has 0 aromatic carbocycles. The summed E-state index contributed by atoms with van der Waals surface area (Å²) in [7, 11) is 0. The highest BCUT2D eigenvalue weighted by molar-refractivity contribution is 5.98. The summed E-state index contributed by atoms with van der Waals surface area (Å²) in [5, 5.41) is 10.2. The molecule has 1 aliphatic carbocycles. The van der Waals surface area contributed by atoms with Gasteiger partial charge in [0.1, 0.15) is 5.82 Å². The second-order valence-corrected chi connectivity index (χ2v) is 6.65. The molecule has 0 fully saturated rings. The fourth-order valence-electron chi connectivity index (χ4n) is 3.48. The minimum atomic E-state index is -4.92. The number of carbonyl (C=O) groups is 1. The van der Waals surface area contributed by atoms with Crippen LogP contribution in [0.1, 0.15) is 31.2 Å². The first kappa shape index (κ1) is 17.9. The van der Waals surface area contributed by atoms with Crippen LogP contribution in [0.2, 0.25) is 0 Å². The third kappa shape index (κ3) is 3.16. The molecule has 3 N–H and O–H groups in total. The van der Waals surface area contributed by atoms with Gasteiger partial charge in [-0.25, -0.2) is 4.98 Å². The zero-order valence-electron chi connectivity index (χ0n) is 13.5. The Balaban J connectivity index is 1.83. The number of allylic oxidation sites excluding steroid dienone is 2. The van der Waals surface area contributed by atoms with Crippen molar-refractivity contribution in [3.63, 3.8) is 0 Å². The minimum Gasteiger partial charge on any atom is -0.375 e. The number of amides is 1. The molecule has 25 heavy (non-hydrogen) atoms. The van der Waals surface area contributed by atoms with E-state index in [0.717, 1.165) is 30.2 Å². The molecule has 1 aliphatic heterocycles. The van der Waals surface area contributed by atoms with E-state index in [1.165, 1.54) is 12.3 Å². The second-order valence-electron chi connectivity index (χ2n) is 6.65. The van der Waals surface area contributed by atoms with E-state index < -0.39 is 35.8 Å². The summed E-state index contributed by atoms with van der Waals surface area (Å²) in [5.41, 5.74) is 2.44. The monoisotopic (exact) mass is 355 g/mol. The fourth-order valence-corrected chi connectivity index (χ4v) is 3.48. The number of hydrogen-bond acceptors (Lipinski definition) is 4. The molecular weight excluding hydrogens is 335 g/mol. The van der Waals surface area contributed by atoms with Gasteiger partial charge in [0.25, 0.3) is 0 Å². The van der Waals surface area contributed by atoms with Crippen molar-refractivity contribution in [3.8, 4) is 0 Å². The number of aliphatic hydroxyl groups is 1. The van der Waals surface area contributed by atoms with Crippen molar-refractivity contribution in [2.75, 3.05) is 11.4 Å². The van der Waals surface area contributed by atoms with E-state index in [-0.39, 0.29) is 11.7 Å². The van der Waals surface area contributed by atoms with E-state index in [4.69, 9.17) is 5.73 Å². The van der Waals surface area contributed by atoms with Crippen LogP contribution in [0.25, 0.3) is 0 Å². The van der Waals surface area contributed by atoms with Crippen molar-refractivity contribution in [1.82, 2.24) is 4.98 Å². The molecule has 8 heteroatoms. The summed E-state index contributed by atoms with van der Waals surface area (Å²) in [6.07, 6.45) is 3.48. The van der Waals surface area contributed by atoms with Crippen molar-refractivity contribution in [3.05, 3.63) is 36.0 Å². The summed E-state index contributed by atoms with van der Waals surface area (Å²) in [6.45, 7) is -0.917. The van der Waals surface area contributed by atoms with Crippen molar-refractivity contribution < 1.29 is 23.1 Å².